The Morgan fingerprint density at radius 1 is 1.08 bits per heavy atom. The molecule has 0 aliphatic heterocycles. The summed E-state index contributed by atoms with van der Waals surface area (Å²) in [4.78, 5) is 24.2. The van der Waals surface area contributed by atoms with Crippen LogP contribution in [0, 0.1) is 0 Å². The van der Waals surface area contributed by atoms with Gasteiger partial charge in [0.2, 0.25) is 0 Å². The van der Waals surface area contributed by atoms with Crippen molar-refractivity contribution in [2.24, 2.45) is 0 Å². The fraction of sp³-hybridized carbons (Fsp3) is 0.0556. The van der Waals surface area contributed by atoms with E-state index in [1.807, 2.05) is 42.5 Å². The normalized spacial score (nSPS) is 10.6. The Balaban J connectivity index is 1.44. The summed E-state index contributed by atoms with van der Waals surface area (Å²) in [7, 11) is 0. The first kappa shape index (κ1) is 15.7. The number of ether oxygens (including phenoxy) is 1. The van der Waals surface area contributed by atoms with Crippen molar-refractivity contribution in [1.82, 2.24) is 24.7 Å². The number of benzene rings is 2. The van der Waals surface area contributed by atoms with E-state index in [1.54, 1.807) is 6.07 Å². The van der Waals surface area contributed by atoms with Crippen molar-refractivity contribution in [3.8, 4) is 11.6 Å². The average molecular weight is 346 g/mol. The molecule has 2 aromatic heterocycles. The highest BCUT2D eigenvalue weighted by Crippen LogP contribution is 2.25. The summed E-state index contributed by atoms with van der Waals surface area (Å²) < 4.78 is 7.15. The van der Waals surface area contributed by atoms with Crippen LogP contribution in [0.2, 0.25) is 0 Å². The molecule has 0 saturated heterocycles. The SMILES string of the molecule is O=C(COc1cccc2ccccc12)Nc1cc(-n2cncn2)ncn1. The maximum absolute atomic E-state index is 12.2. The van der Waals surface area contributed by atoms with Crippen LogP contribution in [-0.2, 0) is 4.79 Å². The van der Waals surface area contributed by atoms with Crippen molar-refractivity contribution in [3.05, 3.63) is 67.5 Å². The van der Waals surface area contributed by atoms with E-state index in [0.717, 1.165) is 10.8 Å². The Bertz CT molecular complexity index is 1040. The van der Waals surface area contributed by atoms with Crippen LogP contribution >= 0.6 is 0 Å². The number of amides is 1. The van der Waals surface area contributed by atoms with Crippen molar-refractivity contribution in [1.29, 1.82) is 0 Å². The summed E-state index contributed by atoms with van der Waals surface area (Å²) >= 11 is 0. The van der Waals surface area contributed by atoms with Gasteiger partial charge in [0.05, 0.1) is 0 Å². The molecule has 1 amide bonds. The van der Waals surface area contributed by atoms with Gasteiger partial charge in [-0.05, 0) is 11.5 Å². The molecule has 0 aliphatic rings. The van der Waals surface area contributed by atoms with Crippen LogP contribution in [0.15, 0.2) is 67.5 Å². The number of carbonyl (C=O) groups excluding carboxylic acids is 1. The Labute approximate surface area is 148 Å². The van der Waals surface area contributed by atoms with Crippen molar-refractivity contribution in [2.45, 2.75) is 0 Å². The van der Waals surface area contributed by atoms with Gasteiger partial charge in [0.25, 0.3) is 5.91 Å². The fourth-order valence-electron chi connectivity index (χ4n) is 2.51. The van der Waals surface area contributed by atoms with Gasteiger partial charge >= 0.3 is 0 Å². The molecule has 2 aromatic carbocycles. The van der Waals surface area contributed by atoms with Gasteiger partial charge in [-0.2, -0.15) is 5.10 Å². The zero-order valence-corrected chi connectivity index (χ0v) is 13.6. The second kappa shape index (κ2) is 6.98. The van der Waals surface area contributed by atoms with Crippen LogP contribution in [0.5, 0.6) is 5.75 Å². The van der Waals surface area contributed by atoms with Crippen LogP contribution in [-0.4, -0.2) is 37.2 Å². The summed E-state index contributed by atoms with van der Waals surface area (Å²) in [6.45, 7) is -0.128. The highest BCUT2D eigenvalue weighted by Gasteiger charge is 2.08. The topological polar surface area (TPSA) is 94.8 Å². The monoisotopic (exact) mass is 346 g/mol. The van der Waals surface area contributed by atoms with Crippen molar-refractivity contribution >= 4 is 22.5 Å². The molecule has 4 aromatic rings. The highest BCUT2D eigenvalue weighted by atomic mass is 16.5. The molecule has 2 heterocycles. The van der Waals surface area contributed by atoms with Crippen LogP contribution in [0.3, 0.4) is 0 Å². The maximum atomic E-state index is 12.2. The predicted octanol–water partition coefficient (Wildman–Crippen LogP) is 2.23. The first-order chi connectivity index (χ1) is 12.8. The lowest BCUT2D eigenvalue weighted by molar-refractivity contribution is -0.118. The van der Waals surface area contributed by atoms with Crippen molar-refractivity contribution < 1.29 is 9.53 Å². The third-order valence-corrected chi connectivity index (χ3v) is 3.68. The van der Waals surface area contributed by atoms with Gasteiger partial charge in [0, 0.05) is 11.5 Å². The average Bonchev–Trinajstić information content (AvgIpc) is 3.21. The van der Waals surface area contributed by atoms with Crippen LogP contribution < -0.4 is 10.1 Å². The third kappa shape index (κ3) is 3.34. The first-order valence-electron chi connectivity index (χ1n) is 7.87. The molecule has 8 heteroatoms. The van der Waals surface area contributed by atoms with Gasteiger partial charge in [-0.1, -0.05) is 36.4 Å². The number of aromatic nitrogens is 5. The Morgan fingerprint density at radius 3 is 2.85 bits per heavy atom. The van der Waals surface area contributed by atoms with Crippen LogP contribution in [0.4, 0.5) is 5.82 Å². The molecule has 26 heavy (non-hydrogen) atoms. The number of nitrogens with one attached hydrogen (secondary N) is 1. The van der Waals surface area contributed by atoms with E-state index in [0.29, 0.717) is 17.4 Å². The Morgan fingerprint density at radius 2 is 1.96 bits per heavy atom. The van der Waals surface area contributed by atoms with E-state index in [9.17, 15) is 4.79 Å². The summed E-state index contributed by atoms with van der Waals surface area (Å²) in [5.74, 6) is 1.20. The quantitative estimate of drug-likeness (QED) is 0.595. The molecule has 1 N–H and O–H groups in total. The van der Waals surface area contributed by atoms with E-state index in [1.165, 1.54) is 23.7 Å². The molecule has 0 fully saturated rings. The van der Waals surface area contributed by atoms with Crippen molar-refractivity contribution in [3.63, 3.8) is 0 Å². The lowest BCUT2D eigenvalue weighted by Crippen LogP contribution is -2.21. The smallest absolute Gasteiger partial charge is 0.263 e. The maximum Gasteiger partial charge on any atom is 0.263 e. The molecule has 0 unspecified atom stereocenters. The second-order valence-corrected chi connectivity index (χ2v) is 5.42. The zero-order chi connectivity index (χ0) is 17.8. The minimum Gasteiger partial charge on any atom is -0.483 e. The van der Waals surface area contributed by atoms with E-state index < -0.39 is 0 Å². The summed E-state index contributed by atoms with van der Waals surface area (Å²) in [6.07, 6.45) is 4.26. The van der Waals surface area contributed by atoms with Gasteiger partial charge in [-0.15, -0.1) is 0 Å². The molecule has 8 nitrogen and oxygen atoms in total. The molecule has 128 valence electrons. The third-order valence-electron chi connectivity index (χ3n) is 3.68. The van der Waals surface area contributed by atoms with E-state index >= 15 is 0 Å². The number of hydrogen-bond acceptors (Lipinski definition) is 6. The number of anilines is 1. The van der Waals surface area contributed by atoms with Crippen LogP contribution in [0.1, 0.15) is 0 Å². The largest absolute Gasteiger partial charge is 0.483 e. The zero-order valence-electron chi connectivity index (χ0n) is 13.6. The number of rotatable bonds is 5. The minimum atomic E-state index is -0.318. The van der Waals surface area contributed by atoms with Gasteiger partial charge in [-0.25, -0.2) is 19.6 Å². The first-order valence-corrected chi connectivity index (χ1v) is 7.87. The predicted molar refractivity (Wildman–Crippen MR) is 95.0 cm³/mol. The highest BCUT2D eigenvalue weighted by molar-refractivity contribution is 5.92. The molecule has 0 bridgehead atoms. The number of fused-ring (bicyclic) bond motifs is 1. The molecular weight excluding hydrogens is 332 g/mol. The molecule has 0 radical (unpaired) electrons. The van der Waals surface area contributed by atoms with E-state index in [-0.39, 0.29) is 12.5 Å². The Hall–Kier alpha value is -3.81. The Kier molecular flexibility index (Phi) is 4.21. The van der Waals surface area contributed by atoms with Gasteiger partial charge in [0.15, 0.2) is 12.4 Å². The van der Waals surface area contributed by atoms with E-state index in [2.05, 4.69) is 25.4 Å². The lowest BCUT2D eigenvalue weighted by atomic mass is 10.1. The fourth-order valence-corrected chi connectivity index (χ4v) is 2.51. The summed E-state index contributed by atoms with van der Waals surface area (Å²) in [5, 5.41) is 8.69. The van der Waals surface area contributed by atoms with Gasteiger partial charge in [-0.3, -0.25) is 4.79 Å². The van der Waals surface area contributed by atoms with E-state index in [4.69, 9.17) is 4.74 Å². The van der Waals surface area contributed by atoms with Gasteiger partial charge in [0.1, 0.15) is 30.5 Å². The number of hydrogen-bond donors (Lipinski definition) is 1. The lowest BCUT2D eigenvalue weighted by Gasteiger charge is -2.10. The minimum absolute atomic E-state index is 0.128. The van der Waals surface area contributed by atoms with Gasteiger partial charge < -0.3 is 10.1 Å². The molecule has 0 aliphatic carbocycles. The second-order valence-electron chi connectivity index (χ2n) is 5.42. The summed E-state index contributed by atoms with van der Waals surface area (Å²) in [5.41, 5.74) is 0. The number of nitrogens with zero attached hydrogens (tertiary/aromatic N) is 5. The standard InChI is InChI=1S/C18H14N6O2/c25-18(9-26-15-7-3-5-13-4-1-2-6-14(13)15)23-16-8-17(21-11-20-16)24-12-19-10-22-24/h1-8,10-12H,9H2,(H,20,21,23,25). The molecule has 0 spiro atoms. The summed E-state index contributed by atoms with van der Waals surface area (Å²) in [6, 6.07) is 15.2. The number of carbonyl (C=O) groups is 1. The van der Waals surface area contributed by atoms with Crippen molar-refractivity contribution in [2.75, 3.05) is 11.9 Å². The van der Waals surface area contributed by atoms with Crippen LogP contribution in [0.25, 0.3) is 16.6 Å². The molecule has 0 saturated carbocycles. The molecular formula is C18H14N6O2. The molecule has 0 atom stereocenters. The molecule has 4 rings (SSSR count).